The Bertz CT molecular complexity index is 1250. The summed E-state index contributed by atoms with van der Waals surface area (Å²) in [5, 5.41) is 0. The molecule has 0 unspecified atom stereocenters. The number of hydrogen-bond donors (Lipinski definition) is 0. The summed E-state index contributed by atoms with van der Waals surface area (Å²) in [5.74, 6) is 2.05. The number of pyridine rings is 1. The second kappa shape index (κ2) is 8.55. The van der Waals surface area contributed by atoms with Gasteiger partial charge in [-0.25, -0.2) is 15.0 Å². The Morgan fingerprint density at radius 2 is 1.12 bits per heavy atom. The van der Waals surface area contributed by atoms with Crippen LogP contribution in [0.5, 0.6) is 0 Å². The zero-order valence-corrected chi connectivity index (χ0v) is 20.2. The van der Waals surface area contributed by atoms with Gasteiger partial charge in [-0.15, -0.1) is 0 Å². The highest BCUT2D eigenvalue weighted by molar-refractivity contribution is 6.32. The molecule has 2 aromatic carbocycles. The van der Waals surface area contributed by atoms with Crippen LogP contribution in [0.3, 0.4) is 0 Å². The molecule has 0 aliphatic heterocycles. The molecule has 4 aromatic rings. The van der Waals surface area contributed by atoms with Crippen molar-refractivity contribution in [2.24, 2.45) is 0 Å². The van der Waals surface area contributed by atoms with E-state index in [0.29, 0.717) is 11.6 Å². The fourth-order valence-electron chi connectivity index (χ4n) is 3.44. The van der Waals surface area contributed by atoms with E-state index in [1.165, 1.54) is 5.56 Å². The summed E-state index contributed by atoms with van der Waals surface area (Å²) < 4.78 is 0. The first-order chi connectivity index (χ1) is 15.5. The standard InChI is InChI=1S/C28H29BN4/c1-27(2,3)21-12-7-19(8-13-21)24-31-25(33-26(32-24)28(4,5)6)20-11-16-23(30-17-20)18-9-14-22(29)15-10-18/h7-17H,1-6H3. The molecule has 0 fully saturated rings. The summed E-state index contributed by atoms with van der Waals surface area (Å²) >= 11 is 0. The molecule has 0 spiro atoms. The minimum absolute atomic E-state index is 0.0945. The molecule has 0 bridgehead atoms. The van der Waals surface area contributed by atoms with Crippen LogP contribution in [0.15, 0.2) is 66.9 Å². The van der Waals surface area contributed by atoms with E-state index >= 15 is 0 Å². The summed E-state index contributed by atoms with van der Waals surface area (Å²) in [7, 11) is 5.80. The van der Waals surface area contributed by atoms with Gasteiger partial charge in [0.15, 0.2) is 11.6 Å². The van der Waals surface area contributed by atoms with Crippen molar-refractivity contribution in [1.29, 1.82) is 0 Å². The third-order valence-corrected chi connectivity index (χ3v) is 5.54. The van der Waals surface area contributed by atoms with Crippen LogP contribution in [0.1, 0.15) is 52.9 Å². The van der Waals surface area contributed by atoms with Crippen molar-refractivity contribution in [3.63, 3.8) is 0 Å². The average molecular weight is 432 g/mol. The maximum atomic E-state index is 5.80. The Morgan fingerprint density at radius 1 is 0.576 bits per heavy atom. The van der Waals surface area contributed by atoms with E-state index < -0.39 is 0 Å². The highest BCUT2D eigenvalue weighted by Crippen LogP contribution is 2.28. The van der Waals surface area contributed by atoms with E-state index in [0.717, 1.165) is 33.7 Å². The van der Waals surface area contributed by atoms with Crippen LogP contribution in [0.25, 0.3) is 34.0 Å². The summed E-state index contributed by atoms with van der Waals surface area (Å²) in [5.41, 5.74) is 5.62. The topological polar surface area (TPSA) is 51.6 Å². The van der Waals surface area contributed by atoms with Crippen molar-refractivity contribution < 1.29 is 0 Å². The van der Waals surface area contributed by atoms with Gasteiger partial charge in [0.2, 0.25) is 0 Å². The number of hydrogen-bond acceptors (Lipinski definition) is 4. The van der Waals surface area contributed by atoms with Gasteiger partial charge in [-0.1, -0.05) is 95.5 Å². The molecule has 2 aromatic heterocycles. The van der Waals surface area contributed by atoms with Crippen molar-refractivity contribution in [3.05, 3.63) is 78.2 Å². The van der Waals surface area contributed by atoms with Gasteiger partial charge >= 0.3 is 0 Å². The van der Waals surface area contributed by atoms with Crippen molar-refractivity contribution in [1.82, 2.24) is 19.9 Å². The third kappa shape index (κ3) is 5.19. The number of benzene rings is 2. The first-order valence-electron chi connectivity index (χ1n) is 11.2. The highest BCUT2D eigenvalue weighted by atomic mass is 15.0. The molecule has 0 atom stereocenters. The van der Waals surface area contributed by atoms with Gasteiger partial charge in [0.05, 0.1) is 5.69 Å². The van der Waals surface area contributed by atoms with Crippen molar-refractivity contribution >= 4 is 13.3 Å². The second-order valence-corrected chi connectivity index (χ2v) is 10.4. The van der Waals surface area contributed by atoms with Crippen molar-refractivity contribution in [2.45, 2.75) is 52.4 Å². The normalized spacial score (nSPS) is 12.1. The predicted octanol–water partition coefficient (Wildman–Crippen LogP) is 5.66. The SMILES string of the molecule is [B]c1ccc(-c2ccc(-c3nc(-c4ccc(C(C)(C)C)cc4)nc(C(C)(C)C)n3)cn2)cc1. The van der Waals surface area contributed by atoms with E-state index in [9.17, 15) is 0 Å². The Hall–Kier alpha value is -3.34. The molecule has 4 nitrogen and oxygen atoms in total. The minimum atomic E-state index is -0.213. The highest BCUT2D eigenvalue weighted by Gasteiger charge is 2.21. The van der Waals surface area contributed by atoms with Crippen LogP contribution in [0, 0.1) is 0 Å². The van der Waals surface area contributed by atoms with E-state index in [1.54, 1.807) is 0 Å². The van der Waals surface area contributed by atoms with Crippen LogP contribution in [-0.4, -0.2) is 27.8 Å². The molecule has 2 radical (unpaired) electrons. The number of nitrogens with zero attached hydrogens (tertiary/aromatic N) is 4. The van der Waals surface area contributed by atoms with Crippen molar-refractivity contribution in [3.8, 4) is 34.0 Å². The predicted molar refractivity (Wildman–Crippen MR) is 137 cm³/mol. The van der Waals surface area contributed by atoms with Crippen LogP contribution < -0.4 is 5.46 Å². The Labute approximate surface area is 198 Å². The second-order valence-electron chi connectivity index (χ2n) is 10.4. The van der Waals surface area contributed by atoms with E-state index in [4.69, 9.17) is 22.8 Å². The van der Waals surface area contributed by atoms with Gasteiger partial charge in [-0.2, -0.15) is 0 Å². The van der Waals surface area contributed by atoms with Gasteiger partial charge in [0.1, 0.15) is 13.7 Å². The van der Waals surface area contributed by atoms with Crippen LogP contribution in [0.2, 0.25) is 0 Å². The van der Waals surface area contributed by atoms with Gasteiger partial charge < -0.3 is 0 Å². The Kier molecular flexibility index (Phi) is 5.92. The molecule has 5 heteroatoms. The van der Waals surface area contributed by atoms with Gasteiger partial charge in [-0.3, -0.25) is 4.98 Å². The molecule has 0 aliphatic carbocycles. The third-order valence-electron chi connectivity index (χ3n) is 5.54. The molecule has 0 N–H and O–H groups in total. The van der Waals surface area contributed by atoms with Crippen LogP contribution in [-0.2, 0) is 10.8 Å². The molecule has 0 saturated heterocycles. The maximum Gasteiger partial charge on any atom is 0.165 e. The van der Waals surface area contributed by atoms with E-state index in [2.05, 4.69) is 70.8 Å². The molecule has 164 valence electrons. The van der Waals surface area contributed by atoms with Crippen LogP contribution in [0.4, 0.5) is 0 Å². The fraction of sp³-hybridized carbons (Fsp3) is 0.286. The first kappa shape index (κ1) is 22.8. The summed E-state index contributed by atoms with van der Waals surface area (Å²) in [6.45, 7) is 13.0. The lowest BCUT2D eigenvalue weighted by Gasteiger charge is -2.20. The fourth-order valence-corrected chi connectivity index (χ4v) is 3.44. The van der Waals surface area contributed by atoms with E-state index in [1.807, 2.05) is 42.6 Å². The lowest BCUT2D eigenvalue weighted by molar-refractivity contribution is 0.543. The zero-order valence-electron chi connectivity index (χ0n) is 20.2. The minimum Gasteiger partial charge on any atom is -0.255 e. The maximum absolute atomic E-state index is 5.80. The van der Waals surface area contributed by atoms with E-state index in [-0.39, 0.29) is 10.8 Å². The van der Waals surface area contributed by atoms with Gasteiger partial charge in [0, 0.05) is 28.3 Å². The summed E-state index contributed by atoms with van der Waals surface area (Å²) in [6.07, 6.45) is 1.82. The molecular weight excluding hydrogens is 403 g/mol. The molecule has 2 heterocycles. The smallest absolute Gasteiger partial charge is 0.165 e. The lowest BCUT2D eigenvalue weighted by Crippen LogP contribution is -2.18. The summed E-state index contributed by atoms with van der Waals surface area (Å²) in [4.78, 5) is 19.1. The molecule has 4 rings (SSSR count). The first-order valence-corrected chi connectivity index (χ1v) is 11.2. The molecule has 0 aliphatic rings. The Morgan fingerprint density at radius 3 is 1.64 bits per heavy atom. The van der Waals surface area contributed by atoms with Gasteiger partial charge in [-0.05, 0) is 23.1 Å². The quantitative estimate of drug-likeness (QED) is 0.392. The zero-order chi connectivity index (χ0) is 23.8. The Balaban J connectivity index is 1.74. The summed E-state index contributed by atoms with van der Waals surface area (Å²) in [6, 6.07) is 20.2. The van der Waals surface area contributed by atoms with Crippen molar-refractivity contribution in [2.75, 3.05) is 0 Å². The van der Waals surface area contributed by atoms with Crippen LogP contribution >= 0.6 is 0 Å². The molecule has 0 amide bonds. The molecule has 0 saturated carbocycles. The van der Waals surface area contributed by atoms with Gasteiger partial charge in [0.25, 0.3) is 0 Å². The molecular formula is C28H29BN4. The number of aromatic nitrogens is 4. The largest absolute Gasteiger partial charge is 0.255 e. The number of rotatable bonds is 3. The average Bonchev–Trinajstić information content (AvgIpc) is 2.78. The monoisotopic (exact) mass is 432 g/mol. The lowest BCUT2D eigenvalue weighted by atomic mass is 9.86. The molecule has 33 heavy (non-hydrogen) atoms.